The molecule has 3 nitrogen and oxygen atoms in total. The first-order chi connectivity index (χ1) is 6.33. The van der Waals surface area contributed by atoms with Crippen LogP contribution in [-0.4, -0.2) is 10.2 Å². The van der Waals surface area contributed by atoms with Gasteiger partial charge in [0.15, 0.2) is 5.15 Å². The molecule has 0 bridgehead atoms. The van der Waals surface area contributed by atoms with Gasteiger partial charge in [0.2, 0.25) is 0 Å². The average molecular weight is 190 g/mol. The first-order valence-corrected chi connectivity index (χ1v) is 4.01. The van der Waals surface area contributed by atoms with E-state index in [0.29, 0.717) is 10.9 Å². The fraction of sp³-hybridized carbons (Fsp3) is 0. The minimum atomic E-state index is 0.273. The Balaban J connectivity index is 2.97. The van der Waals surface area contributed by atoms with Crippen LogP contribution >= 0.6 is 11.6 Å². The zero-order valence-electron chi connectivity index (χ0n) is 6.53. The van der Waals surface area contributed by atoms with E-state index in [2.05, 4.69) is 16.3 Å². The fourth-order valence-corrected chi connectivity index (χ4v) is 1.45. The maximum absolute atomic E-state index is 8.80. The van der Waals surface area contributed by atoms with Gasteiger partial charge in [-0.1, -0.05) is 23.7 Å². The summed E-state index contributed by atoms with van der Waals surface area (Å²) < 4.78 is 0. The Labute approximate surface area is 79.6 Å². The van der Waals surface area contributed by atoms with Crippen molar-refractivity contribution >= 4 is 22.4 Å². The first kappa shape index (κ1) is 7.96. The lowest BCUT2D eigenvalue weighted by atomic mass is 10.1. The molecule has 1 heterocycles. The number of nitrogens with zero attached hydrogens (tertiary/aromatic N) is 3. The van der Waals surface area contributed by atoms with E-state index >= 15 is 0 Å². The fourth-order valence-electron chi connectivity index (χ4n) is 1.19. The molecule has 0 aliphatic carbocycles. The Morgan fingerprint density at radius 2 is 2.23 bits per heavy atom. The number of rotatable bonds is 0. The third-order valence-corrected chi connectivity index (χ3v) is 2.03. The normalized spacial score (nSPS) is 9.85. The van der Waals surface area contributed by atoms with Crippen LogP contribution in [0, 0.1) is 11.3 Å². The molecule has 0 aliphatic rings. The van der Waals surface area contributed by atoms with Crippen molar-refractivity contribution in [2.75, 3.05) is 0 Å². The summed E-state index contributed by atoms with van der Waals surface area (Å²) >= 11 is 5.82. The third kappa shape index (κ3) is 1.21. The second-order valence-electron chi connectivity index (χ2n) is 2.52. The number of hydrogen-bond donors (Lipinski definition) is 0. The van der Waals surface area contributed by atoms with Gasteiger partial charge in [0.25, 0.3) is 0 Å². The summed E-state index contributed by atoms with van der Waals surface area (Å²) in [6.07, 6.45) is 1.59. The average Bonchev–Trinajstić information content (AvgIpc) is 2.17. The molecule has 0 spiro atoms. The highest BCUT2D eigenvalue weighted by atomic mass is 35.5. The van der Waals surface area contributed by atoms with Gasteiger partial charge in [0, 0.05) is 10.8 Å². The monoisotopic (exact) mass is 189 g/mol. The number of halogens is 1. The van der Waals surface area contributed by atoms with E-state index in [1.54, 1.807) is 18.3 Å². The molecule has 0 amide bonds. The largest absolute Gasteiger partial charge is 0.192 e. The quantitative estimate of drug-likeness (QED) is 0.638. The number of nitriles is 1. The Morgan fingerprint density at radius 1 is 1.38 bits per heavy atom. The van der Waals surface area contributed by atoms with Gasteiger partial charge in [-0.15, -0.1) is 5.10 Å². The van der Waals surface area contributed by atoms with Crippen molar-refractivity contribution in [3.8, 4) is 6.07 Å². The van der Waals surface area contributed by atoms with Gasteiger partial charge in [-0.25, -0.2) is 0 Å². The molecule has 0 N–H and O–H groups in total. The molecule has 0 aliphatic heterocycles. The van der Waals surface area contributed by atoms with Gasteiger partial charge in [-0.3, -0.25) is 0 Å². The van der Waals surface area contributed by atoms with E-state index in [4.69, 9.17) is 16.9 Å². The summed E-state index contributed by atoms with van der Waals surface area (Å²) in [6.45, 7) is 0. The summed E-state index contributed by atoms with van der Waals surface area (Å²) in [4.78, 5) is 0. The first-order valence-electron chi connectivity index (χ1n) is 3.63. The van der Waals surface area contributed by atoms with Crippen molar-refractivity contribution in [2.45, 2.75) is 0 Å². The van der Waals surface area contributed by atoms with Crippen LogP contribution in [0.25, 0.3) is 10.8 Å². The van der Waals surface area contributed by atoms with Gasteiger partial charge >= 0.3 is 0 Å². The molecule has 2 aromatic rings. The highest BCUT2D eigenvalue weighted by molar-refractivity contribution is 6.34. The highest BCUT2D eigenvalue weighted by Crippen LogP contribution is 2.22. The molecule has 1 aromatic carbocycles. The van der Waals surface area contributed by atoms with Crippen LogP contribution in [0.3, 0.4) is 0 Å². The van der Waals surface area contributed by atoms with E-state index in [1.807, 2.05) is 6.07 Å². The topological polar surface area (TPSA) is 49.6 Å². The maximum atomic E-state index is 8.80. The molecule has 0 unspecified atom stereocenters. The minimum absolute atomic E-state index is 0.273. The molecule has 0 saturated carbocycles. The molecule has 13 heavy (non-hydrogen) atoms. The third-order valence-electron chi connectivity index (χ3n) is 1.77. The number of benzene rings is 1. The predicted molar refractivity (Wildman–Crippen MR) is 49.3 cm³/mol. The predicted octanol–water partition coefficient (Wildman–Crippen LogP) is 2.15. The number of fused-ring (bicyclic) bond motifs is 1. The van der Waals surface area contributed by atoms with E-state index < -0.39 is 0 Å². The summed E-state index contributed by atoms with van der Waals surface area (Å²) in [5.74, 6) is 0. The highest BCUT2D eigenvalue weighted by Gasteiger charge is 2.04. The molecule has 2 rings (SSSR count). The molecular formula is C9H4ClN3. The van der Waals surface area contributed by atoms with Crippen molar-refractivity contribution in [3.05, 3.63) is 35.1 Å². The molecule has 1 aromatic heterocycles. The van der Waals surface area contributed by atoms with Crippen molar-refractivity contribution in [3.63, 3.8) is 0 Å². The Bertz CT molecular complexity index is 496. The van der Waals surface area contributed by atoms with E-state index in [9.17, 15) is 0 Å². The Morgan fingerprint density at radius 3 is 3.00 bits per heavy atom. The van der Waals surface area contributed by atoms with Crippen LogP contribution in [0.5, 0.6) is 0 Å². The molecule has 0 atom stereocenters. The zero-order chi connectivity index (χ0) is 9.26. The van der Waals surface area contributed by atoms with Gasteiger partial charge < -0.3 is 0 Å². The Hall–Kier alpha value is -1.66. The number of aromatic nitrogens is 2. The van der Waals surface area contributed by atoms with Crippen molar-refractivity contribution in [1.29, 1.82) is 5.26 Å². The van der Waals surface area contributed by atoms with Crippen molar-refractivity contribution in [1.82, 2.24) is 10.2 Å². The van der Waals surface area contributed by atoms with Crippen molar-refractivity contribution < 1.29 is 0 Å². The summed E-state index contributed by atoms with van der Waals surface area (Å²) in [5, 5.41) is 18.0. The lowest BCUT2D eigenvalue weighted by Gasteiger charge is -1.98. The lowest BCUT2D eigenvalue weighted by Crippen LogP contribution is -1.86. The van der Waals surface area contributed by atoms with E-state index in [1.165, 1.54) is 0 Å². The van der Waals surface area contributed by atoms with E-state index in [0.717, 1.165) is 5.39 Å². The summed E-state index contributed by atoms with van der Waals surface area (Å²) in [6, 6.07) is 7.40. The number of hydrogen-bond acceptors (Lipinski definition) is 3. The summed E-state index contributed by atoms with van der Waals surface area (Å²) in [5.41, 5.74) is 0.525. The van der Waals surface area contributed by atoms with Crippen LogP contribution in [0.1, 0.15) is 5.56 Å². The van der Waals surface area contributed by atoms with Gasteiger partial charge in [-0.2, -0.15) is 10.4 Å². The molecule has 4 heteroatoms. The minimum Gasteiger partial charge on any atom is -0.192 e. The smallest absolute Gasteiger partial charge is 0.160 e. The zero-order valence-corrected chi connectivity index (χ0v) is 7.28. The molecular weight excluding hydrogens is 186 g/mol. The van der Waals surface area contributed by atoms with Gasteiger partial charge in [0.1, 0.15) is 0 Å². The van der Waals surface area contributed by atoms with Gasteiger partial charge in [-0.05, 0) is 6.07 Å². The second-order valence-corrected chi connectivity index (χ2v) is 2.87. The Kier molecular flexibility index (Phi) is 1.84. The van der Waals surface area contributed by atoms with E-state index in [-0.39, 0.29) is 5.15 Å². The molecule has 0 saturated heterocycles. The molecule has 0 fully saturated rings. The standard InChI is InChI=1S/C9H4ClN3/c10-9-8-6(4-11)2-1-3-7(8)5-12-13-9/h1-3,5H. The molecule has 0 radical (unpaired) electrons. The van der Waals surface area contributed by atoms with Gasteiger partial charge in [0.05, 0.1) is 17.8 Å². The van der Waals surface area contributed by atoms with Crippen LogP contribution < -0.4 is 0 Å². The second kappa shape index (κ2) is 3.00. The maximum Gasteiger partial charge on any atom is 0.160 e. The lowest BCUT2D eigenvalue weighted by molar-refractivity contribution is 1.05. The summed E-state index contributed by atoms with van der Waals surface area (Å²) in [7, 11) is 0. The molecule has 62 valence electrons. The van der Waals surface area contributed by atoms with Crippen molar-refractivity contribution in [2.24, 2.45) is 0 Å². The van der Waals surface area contributed by atoms with Crippen LogP contribution in [0.4, 0.5) is 0 Å². The SMILES string of the molecule is N#Cc1cccc2cnnc(Cl)c12. The van der Waals surface area contributed by atoms with Crippen LogP contribution in [0.2, 0.25) is 5.15 Å². The van der Waals surface area contributed by atoms with Crippen LogP contribution in [0.15, 0.2) is 24.4 Å². The van der Waals surface area contributed by atoms with Crippen LogP contribution in [-0.2, 0) is 0 Å².